The van der Waals surface area contributed by atoms with Crippen LogP contribution < -0.4 is 9.64 Å². The van der Waals surface area contributed by atoms with Crippen molar-refractivity contribution in [1.82, 2.24) is 4.90 Å². The quantitative estimate of drug-likeness (QED) is 0.843. The molecule has 136 valence electrons. The van der Waals surface area contributed by atoms with Crippen LogP contribution in [-0.4, -0.2) is 43.1 Å². The van der Waals surface area contributed by atoms with E-state index in [0.29, 0.717) is 12.0 Å². The number of hydrogen-bond donors (Lipinski definition) is 0. The highest BCUT2D eigenvalue weighted by Gasteiger charge is 2.30. The highest BCUT2D eigenvalue weighted by atomic mass is 16.5. The van der Waals surface area contributed by atoms with E-state index < -0.39 is 0 Å². The van der Waals surface area contributed by atoms with Gasteiger partial charge in [-0.25, -0.2) is 0 Å². The molecule has 0 radical (unpaired) electrons. The smallest absolute Gasteiger partial charge is 0.265 e. The van der Waals surface area contributed by atoms with Crippen LogP contribution in [0.2, 0.25) is 0 Å². The van der Waals surface area contributed by atoms with Crippen molar-refractivity contribution in [3.05, 3.63) is 60.2 Å². The zero-order valence-electron chi connectivity index (χ0n) is 15.3. The standard InChI is InChI=1S/C22H26N2O2/c1-17(15-24-20-9-5-6-10-21(20)26-16-22(24)25)23-13-11-19(12-14-23)18-7-3-2-4-8-18/h2-10,17,19H,11-16H2,1H3. The Hall–Kier alpha value is -2.33. The summed E-state index contributed by atoms with van der Waals surface area (Å²) >= 11 is 0. The van der Waals surface area contributed by atoms with Crippen molar-refractivity contribution in [2.45, 2.75) is 31.7 Å². The molecule has 2 aromatic carbocycles. The highest BCUT2D eigenvalue weighted by molar-refractivity contribution is 5.97. The van der Waals surface area contributed by atoms with E-state index in [0.717, 1.165) is 31.1 Å². The first-order chi connectivity index (χ1) is 12.7. The summed E-state index contributed by atoms with van der Waals surface area (Å²) in [6, 6.07) is 19.0. The number of ether oxygens (including phenoxy) is 1. The van der Waals surface area contributed by atoms with E-state index in [9.17, 15) is 4.79 Å². The minimum absolute atomic E-state index is 0.0507. The number of piperidine rings is 1. The van der Waals surface area contributed by atoms with Crippen LogP contribution in [0.25, 0.3) is 0 Å². The zero-order chi connectivity index (χ0) is 17.9. The number of carbonyl (C=O) groups is 1. The number of benzene rings is 2. The van der Waals surface area contributed by atoms with Crippen molar-refractivity contribution in [2.24, 2.45) is 0 Å². The second-order valence-corrected chi connectivity index (χ2v) is 7.33. The van der Waals surface area contributed by atoms with Gasteiger partial charge in [0.2, 0.25) is 0 Å². The first-order valence-corrected chi connectivity index (χ1v) is 9.53. The summed E-state index contributed by atoms with van der Waals surface area (Å²) in [7, 11) is 0. The van der Waals surface area contributed by atoms with Crippen LogP contribution >= 0.6 is 0 Å². The van der Waals surface area contributed by atoms with Gasteiger partial charge in [-0.3, -0.25) is 9.69 Å². The summed E-state index contributed by atoms with van der Waals surface area (Å²) in [4.78, 5) is 16.8. The summed E-state index contributed by atoms with van der Waals surface area (Å²) in [5.74, 6) is 1.52. The Balaban J connectivity index is 1.39. The van der Waals surface area contributed by atoms with Crippen molar-refractivity contribution < 1.29 is 9.53 Å². The largest absolute Gasteiger partial charge is 0.482 e. The molecule has 1 atom stereocenters. The van der Waals surface area contributed by atoms with Gasteiger partial charge in [0.05, 0.1) is 5.69 Å². The fourth-order valence-electron chi connectivity index (χ4n) is 4.13. The summed E-state index contributed by atoms with van der Waals surface area (Å²) in [6.45, 7) is 5.25. The minimum atomic E-state index is 0.0507. The van der Waals surface area contributed by atoms with E-state index in [1.165, 1.54) is 18.4 Å². The van der Waals surface area contributed by atoms with E-state index in [4.69, 9.17) is 4.74 Å². The molecule has 2 aromatic rings. The van der Waals surface area contributed by atoms with Gasteiger partial charge in [0.25, 0.3) is 5.91 Å². The molecule has 4 nitrogen and oxygen atoms in total. The van der Waals surface area contributed by atoms with Gasteiger partial charge in [0.1, 0.15) is 5.75 Å². The molecule has 0 N–H and O–H groups in total. The molecule has 0 saturated carbocycles. The molecule has 1 unspecified atom stereocenters. The number of fused-ring (bicyclic) bond motifs is 1. The van der Waals surface area contributed by atoms with Crippen molar-refractivity contribution >= 4 is 11.6 Å². The minimum Gasteiger partial charge on any atom is -0.482 e. The molecule has 2 aliphatic rings. The Morgan fingerprint density at radius 1 is 1.04 bits per heavy atom. The van der Waals surface area contributed by atoms with Crippen LogP contribution in [0.4, 0.5) is 5.69 Å². The number of anilines is 1. The molecule has 26 heavy (non-hydrogen) atoms. The van der Waals surface area contributed by atoms with Crippen LogP contribution in [0.15, 0.2) is 54.6 Å². The summed E-state index contributed by atoms with van der Waals surface area (Å²) < 4.78 is 5.55. The first-order valence-electron chi connectivity index (χ1n) is 9.53. The maximum atomic E-state index is 12.4. The van der Waals surface area contributed by atoms with Gasteiger partial charge in [-0.1, -0.05) is 42.5 Å². The van der Waals surface area contributed by atoms with Crippen LogP contribution in [0.5, 0.6) is 5.75 Å². The van der Waals surface area contributed by atoms with Crippen molar-refractivity contribution in [1.29, 1.82) is 0 Å². The van der Waals surface area contributed by atoms with Crippen molar-refractivity contribution in [2.75, 3.05) is 31.1 Å². The lowest BCUT2D eigenvalue weighted by Crippen LogP contribution is -2.49. The van der Waals surface area contributed by atoms with Gasteiger partial charge in [-0.05, 0) is 56.5 Å². The second kappa shape index (κ2) is 7.50. The highest BCUT2D eigenvalue weighted by Crippen LogP contribution is 2.33. The third kappa shape index (κ3) is 3.47. The van der Waals surface area contributed by atoms with Crippen LogP contribution in [0.3, 0.4) is 0 Å². The Kier molecular flexibility index (Phi) is 4.93. The molecule has 2 aliphatic heterocycles. The third-order valence-electron chi connectivity index (χ3n) is 5.68. The molecule has 1 saturated heterocycles. The number of likely N-dealkylation sites (tertiary alicyclic amines) is 1. The summed E-state index contributed by atoms with van der Waals surface area (Å²) in [5.41, 5.74) is 2.35. The molecule has 0 aliphatic carbocycles. The maximum absolute atomic E-state index is 12.4. The molecular weight excluding hydrogens is 324 g/mol. The number of rotatable bonds is 4. The molecule has 4 heteroatoms. The molecule has 0 aromatic heterocycles. The van der Waals surface area contributed by atoms with Crippen LogP contribution in [0, 0.1) is 0 Å². The number of nitrogens with zero attached hydrogens (tertiary/aromatic N) is 2. The number of para-hydroxylation sites is 2. The van der Waals surface area contributed by atoms with E-state index in [1.54, 1.807) is 0 Å². The molecule has 0 bridgehead atoms. The molecule has 4 rings (SSSR count). The van der Waals surface area contributed by atoms with Gasteiger partial charge >= 0.3 is 0 Å². The molecular formula is C22H26N2O2. The van der Waals surface area contributed by atoms with Gasteiger partial charge in [-0.15, -0.1) is 0 Å². The van der Waals surface area contributed by atoms with Gasteiger partial charge in [0, 0.05) is 12.6 Å². The maximum Gasteiger partial charge on any atom is 0.265 e. The lowest BCUT2D eigenvalue weighted by Gasteiger charge is -2.39. The Bertz CT molecular complexity index is 754. The molecule has 1 fully saturated rings. The predicted molar refractivity (Wildman–Crippen MR) is 104 cm³/mol. The van der Waals surface area contributed by atoms with Crippen LogP contribution in [0.1, 0.15) is 31.2 Å². The monoisotopic (exact) mass is 350 g/mol. The third-order valence-corrected chi connectivity index (χ3v) is 5.68. The SMILES string of the molecule is CC(CN1C(=O)COc2ccccc21)N1CCC(c2ccccc2)CC1. The lowest BCUT2D eigenvalue weighted by atomic mass is 9.89. The Morgan fingerprint density at radius 2 is 1.73 bits per heavy atom. The first kappa shape index (κ1) is 17.1. The van der Waals surface area contributed by atoms with Gasteiger partial charge in [0.15, 0.2) is 6.61 Å². The number of carbonyl (C=O) groups excluding carboxylic acids is 1. The number of hydrogen-bond acceptors (Lipinski definition) is 3. The van der Waals surface area contributed by atoms with E-state index in [2.05, 4.69) is 42.2 Å². The second-order valence-electron chi connectivity index (χ2n) is 7.33. The van der Waals surface area contributed by atoms with Gasteiger partial charge < -0.3 is 9.64 Å². The van der Waals surface area contributed by atoms with E-state index >= 15 is 0 Å². The Labute approximate surface area is 155 Å². The number of amides is 1. The topological polar surface area (TPSA) is 32.8 Å². The van der Waals surface area contributed by atoms with Crippen molar-refractivity contribution in [3.63, 3.8) is 0 Å². The predicted octanol–water partition coefficient (Wildman–Crippen LogP) is 3.68. The Morgan fingerprint density at radius 3 is 2.50 bits per heavy atom. The molecule has 1 amide bonds. The summed E-state index contributed by atoms with van der Waals surface area (Å²) in [5, 5.41) is 0. The van der Waals surface area contributed by atoms with Gasteiger partial charge in [-0.2, -0.15) is 0 Å². The average molecular weight is 350 g/mol. The van der Waals surface area contributed by atoms with E-state index in [-0.39, 0.29) is 12.5 Å². The van der Waals surface area contributed by atoms with Crippen molar-refractivity contribution in [3.8, 4) is 5.75 Å². The average Bonchev–Trinajstić information content (AvgIpc) is 2.71. The normalized spacial score (nSPS) is 19.7. The van der Waals surface area contributed by atoms with Crippen LogP contribution in [-0.2, 0) is 4.79 Å². The summed E-state index contributed by atoms with van der Waals surface area (Å²) in [6.07, 6.45) is 2.37. The van der Waals surface area contributed by atoms with E-state index in [1.807, 2.05) is 29.2 Å². The molecule has 0 spiro atoms. The molecule has 2 heterocycles. The lowest BCUT2D eigenvalue weighted by molar-refractivity contribution is -0.121. The fraction of sp³-hybridized carbons (Fsp3) is 0.409. The zero-order valence-corrected chi connectivity index (χ0v) is 15.3. The fourth-order valence-corrected chi connectivity index (χ4v) is 4.13.